The molecule has 0 saturated heterocycles. The van der Waals surface area contributed by atoms with Gasteiger partial charge in [-0.15, -0.1) is 0 Å². The molecule has 0 spiro atoms. The van der Waals surface area contributed by atoms with Gasteiger partial charge in [0.15, 0.2) is 5.78 Å². The molecule has 1 fully saturated rings. The summed E-state index contributed by atoms with van der Waals surface area (Å²) in [6, 6.07) is 6.28. The van der Waals surface area contributed by atoms with Crippen molar-refractivity contribution >= 4 is 17.7 Å². The lowest BCUT2D eigenvalue weighted by Gasteiger charge is -2.29. The highest BCUT2D eigenvalue weighted by Crippen LogP contribution is 2.32. The van der Waals surface area contributed by atoms with Crippen LogP contribution in [0.1, 0.15) is 69.2 Å². The van der Waals surface area contributed by atoms with Gasteiger partial charge >= 0.3 is 5.97 Å². The molecule has 0 aliphatic heterocycles. The van der Waals surface area contributed by atoms with E-state index < -0.39 is 12.0 Å². The van der Waals surface area contributed by atoms with Gasteiger partial charge in [-0.05, 0) is 70.2 Å². The van der Waals surface area contributed by atoms with Crippen LogP contribution in [0.25, 0.3) is 0 Å². The number of methoxy groups -OCH3 is 1. The summed E-state index contributed by atoms with van der Waals surface area (Å²) in [5, 5.41) is 0. The number of aryl methyl sites for hydroxylation is 1. The Kier molecular flexibility index (Phi) is 6.83. The third-order valence-electron chi connectivity index (χ3n) is 5.74. The van der Waals surface area contributed by atoms with Gasteiger partial charge in [-0.2, -0.15) is 0 Å². The lowest BCUT2D eigenvalue weighted by Crippen LogP contribution is -2.44. The monoisotopic (exact) mass is 426 g/mol. The first kappa shape index (κ1) is 22.6. The third-order valence-corrected chi connectivity index (χ3v) is 5.74. The van der Waals surface area contributed by atoms with E-state index in [9.17, 15) is 14.4 Å². The highest BCUT2D eigenvalue weighted by atomic mass is 16.5. The van der Waals surface area contributed by atoms with Crippen LogP contribution in [0.5, 0.6) is 5.75 Å². The maximum Gasteiger partial charge on any atom is 0.355 e. The van der Waals surface area contributed by atoms with Gasteiger partial charge in [0.2, 0.25) is 0 Å². The number of aromatic amines is 1. The molecule has 0 radical (unpaired) electrons. The molecule has 166 valence electrons. The van der Waals surface area contributed by atoms with Gasteiger partial charge in [-0.1, -0.05) is 6.07 Å². The number of nitrogens with zero attached hydrogens (tertiary/aromatic N) is 1. The van der Waals surface area contributed by atoms with E-state index in [1.807, 2.05) is 0 Å². The molecule has 2 aromatic rings. The molecule has 1 aromatic heterocycles. The second-order valence-corrected chi connectivity index (χ2v) is 8.02. The van der Waals surface area contributed by atoms with E-state index in [-0.39, 0.29) is 24.0 Å². The Labute approximate surface area is 182 Å². The van der Waals surface area contributed by atoms with E-state index in [4.69, 9.17) is 9.47 Å². The number of rotatable bonds is 9. The number of ketones is 1. The van der Waals surface area contributed by atoms with E-state index in [1.165, 1.54) is 0 Å². The van der Waals surface area contributed by atoms with Crippen molar-refractivity contribution in [2.75, 3.05) is 20.3 Å². The fraction of sp³-hybridized carbons (Fsp3) is 0.458. The van der Waals surface area contributed by atoms with E-state index in [1.54, 1.807) is 64.0 Å². The van der Waals surface area contributed by atoms with Crippen molar-refractivity contribution in [1.29, 1.82) is 0 Å². The molecule has 3 rings (SSSR count). The highest BCUT2D eigenvalue weighted by Gasteiger charge is 2.35. The summed E-state index contributed by atoms with van der Waals surface area (Å²) in [5.74, 6) is 0.111. The van der Waals surface area contributed by atoms with E-state index in [0.29, 0.717) is 40.6 Å². The number of nitrogens with one attached hydrogen (secondary N) is 1. The van der Waals surface area contributed by atoms with Crippen LogP contribution in [0.3, 0.4) is 0 Å². The average Bonchev–Trinajstić information content (AvgIpc) is 3.54. The van der Waals surface area contributed by atoms with Crippen molar-refractivity contribution in [2.45, 2.75) is 46.6 Å². The molecule has 1 aromatic carbocycles. The van der Waals surface area contributed by atoms with Gasteiger partial charge in [-0.3, -0.25) is 9.59 Å². The summed E-state index contributed by atoms with van der Waals surface area (Å²) in [6.07, 6.45) is 2.11. The standard InChI is InChI=1S/C24H30N2O5/c1-6-31-24(29)21-14(2)20(15(3)25-21)22(27)16(4)26(13-17-10-11-17)23(28)18-8-7-9-19(12-18)30-5/h7-9,12,16-17,25H,6,10-11,13H2,1-5H3/t16-/m1/s1. The Morgan fingerprint density at radius 2 is 1.94 bits per heavy atom. The fourth-order valence-corrected chi connectivity index (χ4v) is 3.79. The number of H-pyrrole nitrogens is 1. The van der Waals surface area contributed by atoms with Crippen molar-refractivity contribution in [3.8, 4) is 5.75 Å². The minimum Gasteiger partial charge on any atom is -0.497 e. The van der Waals surface area contributed by atoms with Crippen molar-refractivity contribution in [3.63, 3.8) is 0 Å². The predicted octanol–water partition coefficient (Wildman–Crippen LogP) is 3.94. The van der Waals surface area contributed by atoms with E-state index in [0.717, 1.165) is 12.8 Å². The third kappa shape index (κ3) is 4.81. The van der Waals surface area contributed by atoms with Gasteiger partial charge in [-0.25, -0.2) is 4.79 Å². The smallest absolute Gasteiger partial charge is 0.355 e. The molecule has 0 unspecified atom stereocenters. The van der Waals surface area contributed by atoms with Crippen molar-refractivity contribution < 1.29 is 23.9 Å². The molecular formula is C24H30N2O5. The summed E-state index contributed by atoms with van der Waals surface area (Å²) in [5.41, 5.74) is 2.34. The Hall–Kier alpha value is -3.09. The number of hydrogen-bond donors (Lipinski definition) is 1. The summed E-state index contributed by atoms with van der Waals surface area (Å²) >= 11 is 0. The van der Waals surface area contributed by atoms with Crippen molar-refractivity contribution in [2.24, 2.45) is 5.92 Å². The predicted molar refractivity (Wildman–Crippen MR) is 117 cm³/mol. The number of carbonyl (C=O) groups excluding carboxylic acids is 3. The maximum atomic E-state index is 13.5. The first-order valence-electron chi connectivity index (χ1n) is 10.6. The fourth-order valence-electron chi connectivity index (χ4n) is 3.79. The number of Topliss-reactive ketones (excluding diaryl/α,β-unsaturated/α-hetero) is 1. The van der Waals surface area contributed by atoms with Crippen LogP contribution in [0, 0.1) is 19.8 Å². The number of benzene rings is 1. The molecule has 1 atom stereocenters. The van der Waals surface area contributed by atoms with Crippen LogP contribution in [0.2, 0.25) is 0 Å². The molecule has 1 aliphatic rings. The van der Waals surface area contributed by atoms with Gasteiger partial charge in [0.25, 0.3) is 5.91 Å². The summed E-state index contributed by atoms with van der Waals surface area (Å²) in [6.45, 7) is 7.74. The van der Waals surface area contributed by atoms with Crippen LogP contribution < -0.4 is 4.74 Å². The normalized spacial score (nSPS) is 14.1. The quantitative estimate of drug-likeness (QED) is 0.485. The summed E-state index contributed by atoms with van der Waals surface area (Å²) in [4.78, 5) is 43.7. The molecule has 7 heteroatoms. The van der Waals surface area contributed by atoms with E-state index >= 15 is 0 Å². The van der Waals surface area contributed by atoms with Crippen LogP contribution in [-0.4, -0.2) is 53.8 Å². The molecule has 1 N–H and O–H groups in total. The van der Waals surface area contributed by atoms with Crippen molar-refractivity contribution in [3.05, 3.63) is 52.3 Å². The maximum absolute atomic E-state index is 13.5. The zero-order valence-electron chi connectivity index (χ0n) is 18.8. The largest absolute Gasteiger partial charge is 0.497 e. The highest BCUT2D eigenvalue weighted by molar-refractivity contribution is 6.07. The van der Waals surface area contributed by atoms with Gasteiger partial charge < -0.3 is 19.4 Å². The Morgan fingerprint density at radius 3 is 2.55 bits per heavy atom. The second kappa shape index (κ2) is 9.37. The number of carbonyl (C=O) groups is 3. The molecule has 1 aliphatic carbocycles. The minimum absolute atomic E-state index is 0.196. The van der Waals surface area contributed by atoms with Crippen LogP contribution in [-0.2, 0) is 4.74 Å². The lowest BCUT2D eigenvalue weighted by atomic mass is 9.99. The number of amides is 1. The Morgan fingerprint density at radius 1 is 1.23 bits per heavy atom. The number of hydrogen-bond acceptors (Lipinski definition) is 5. The number of esters is 1. The first-order valence-corrected chi connectivity index (χ1v) is 10.6. The molecule has 1 amide bonds. The average molecular weight is 427 g/mol. The van der Waals surface area contributed by atoms with Crippen LogP contribution in [0.15, 0.2) is 24.3 Å². The topological polar surface area (TPSA) is 88.7 Å². The zero-order chi connectivity index (χ0) is 22.7. The van der Waals surface area contributed by atoms with Gasteiger partial charge in [0.1, 0.15) is 11.4 Å². The summed E-state index contributed by atoms with van der Waals surface area (Å²) in [7, 11) is 1.55. The molecule has 1 saturated carbocycles. The Bertz CT molecular complexity index is 990. The minimum atomic E-state index is -0.678. The van der Waals surface area contributed by atoms with Crippen LogP contribution >= 0.6 is 0 Å². The number of ether oxygens (including phenoxy) is 2. The molecule has 0 bridgehead atoms. The summed E-state index contributed by atoms with van der Waals surface area (Å²) < 4.78 is 10.3. The van der Waals surface area contributed by atoms with Gasteiger partial charge in [0, 0.05) is 23.4 Å². The molecule has 31 heavy (non-hydrogen) atoms. The molecule has 7 nitrogen and oxygen atoms in total. The number of aromatic nitrogens is 1. The molecular weight excluding hydrogens is 396 g/mol. The van der Waals surface area contributed by atoms with Crippen molar-refractivity contribution in [1.82, 2.24) is 9.88 Å². The SMILES string of the molecule is CCOC(=O)c1[nH]c(C)c(C(=O)[C@@H](C)N(CC2CC2)C(=O)c2cccc(OC)c2)c1C. The van der Waals surface area contributed by atoms with Gasteiger partial charge in [0.05, 0.1) is 19.8 Å². The second-order valence-electron chi connectivity index (χ2n) is 8.02. The van der Waals surface area contributed by atoms with Crippen LogP contribution in [0.4, 0.5) is 0 Å². The lowest BCUT2D eigenvalue weighted by molar-refractivity contribution is 0.0518. The first-order chi connectivity index (χ1) is 14.8. The zero-order valence-corrected chi connectivity index (χ0v) is 18.8. The van der Waals surface area contributed by atoms with E-state index in [2.05, 4.69) is 4.98 Å². The molecule has 1 heterocycles. The Balaban J connectivity index is 1.91.